The molecule has 1 saturated heterocycles. The fraction of sp³-hybridized carbons (Fsp3) is 0.462. The molecule has 4 heteroatoms. The normalized spacial score (nSPS) is 22.4. The van der Waals surface area contributed by atoms with Crippen molar-refractivity contribution in [2.24, 2.45) is 0 Å². The minimum Gasteiger partial charge on any atom is -0.491 e. The number of nitrogens with one attached hydrogen (secondary N) is 1. The van der Waals surface area contributed by atoms with Gasteiger partial charge in [0.05, 0.1) is 6.10 Å². The van der Waals surface area contributed by atoms with Crippen LogP contribution in [0.5, 0.6) is 5.75 Å². The van der Waals surface area contributed by atoms with Crippen LogP contribution in [0.2, 0.25) is 0 Å². The third kappa shape index (κ3) is 2.13. The van der Waals surface area contributed by atoms with Crippen molar-refractivity contribution in [3.63, 3.8) is 0 Å². The summed E-state index contributed by atoms with van der Waals surface area (Å²) in [5.41, 5.74) is 1.77. The molecule has 1 aromatic carbocycles. The molecule has 0 bridgehead atoms. The standard InChI is InChI=1S/C13H15NO3/c15-13-12-4-3-10(6-9(12)7-14-13)17-8-11-2-1-5-16-11/h3-4,6,11H,1-2,5,7-8H2,(H,14,15). The highest BCUT2D eigenvalue weighted by Gasteiger charge is 2.20. The van der Waals surface area contributed by atoms with Gasteiger partial charge in [0.25, 0.3) is 5.91 Å². The fourth-order valence-electron chi connectivity index (χ4n) is 2.26. The molecule has 0 radical (unpaired) electrons. The van der Waals surface area contributed by atoms with Crippen LogP contribution in [0, 0.1) is 0 Å². The smallest absolute Gasteiger partial charge is 0.251 e. The van der Waals surface area contributed by atoms with Gasteiger partial charge in [0.2, 0.25) is 0 Å². The zero-order chi connectivity index (χ0) is 11.7. The number of hydrogen-bond donors (Lipinski definition) is 1. The lowest BCUT2D eigenvalue weighted by Crippen LogP contribution is -2.16. The third-order valence-corrected chi connectivity index (χ3v) is 3.22. The summed E-state index contributed by atoms with van der Waals surface area (Å²) >= 11 is 0. The Morgan fingerprint density at radius 2 is 2.41 bits per heavy atom. The molecule has 0 saturated carbocycles. The average molecular weight is 233 g/mol. The number of carbonyl (C=O) groups is 1. The van der Waals surface area contributed by atoms with Gasteiger partial charge < -0.3 is 14.8 Å². The molecule has 2 heterocycles. The minimum absolute atomic E-state index is 0.00526. The van der Waals surface area contributed by atoms with Crippen LogP contribution in [-0.2, 0) is 11.3 Å². The Labute approximate surface area is 99.9 Å². The van der Waals surface area contributed by atoms with Crippen molar-refractivity contribution in [3.8, 4) is 5.75 Å². The van der Waals surface area contributed by atoms with Crippen LogP contribution in [0.3, 0.4) is 0 Å². The average Bonchev–Trinajstić information content (AvgIpc) is 2.97. The molecule has 1 amide bonds. The monoisotopic (exact) mass is 233 g/mol. The number of amides is 1. The maximum atomic E-state index is 11.4. The summed E-state index contributed by atoms with van der Waals surface area (Å²) in [6, 6.07) is 5.60. The number of carbonyl (C=O) groups excluding carboxylic acids is 1. The maximum Gasteiger partial charge on any atom is 0.251 e. The van der Waals surface area contributed by atoms with Gasteiger partial charge in [-0.1, -0.05) is 0 Å². The molecule has 0 spiro atoms. The van der Waals surface area contributed by atoms with Gasteiger partial charge >= 0.3 is 0 Å². The molecule has 2 aliphatic heterocycles. The van der Waals surface area contributed by atoms with E-state index in [4.69, 9.17) is 9.47 Å². The number of rotatable bonds is 3. The summed E-state index contributed by atoms with van der Waals surface area (Å²) in [5, 5.41) is 2.79. The minimum atomic E-state index is 0.00526. The van der Waals surface area contributed by atoms with E-state index in [1.165, 1.54) is 0 Å². The predicted molar refractivity (Wildman–Crippen MR) is 62.1 cm³/mol. The summed E-state index contributed by atoms with van der Waals surface area (Å²) in [6.45, 7) is 2.04. The largest absolute Gasteiger partial charge is 0.491 e. The lowest BCUT2D eigenvalue weighted by molar-refractivity contribution is 0.0679. The Kier molecular flexibility index (Phi) is 2.73. The van der Waals surface area contributed by atoms with Gasteiger partial charge in [-0.25, -0.2) is 0 Å². The van der Waals surface area contributed by atoms with Crippen molar-refractivity contribution in [2.45, 2.75) is 25.5 Å². The molecule has 0 aliphatic carbocycles. The quantitative estimate of drug-likeness (QED) is 0.860. The van der Waals surface area contributed by atoms with Gasteiger partial charge in [0.1, 0.15) is 12.4 Å². The lowest BCUT2D eigenvalue weighted by atomic mass is 10.1. The topological polar surface area (TPSA) is 47.6 Å². The van der Waals surface area contributed by atoms with Gasteiger partial charge in [-0.15, -0.1) is 0 Å². The molecule has 4 nitrogen and oxygen atoms in total. The Balaban J connectivity index is 1.66. The second kappa shape index (κ2) is 4.37. The number of hydrogen-bond acceptors (Lipinski definition) is 3. The molecule has 1 aromatic rings. The van der Waals surface area contributed by atoms with E-state index in [2.05, 4.69) is 5.32 Å². The highest BCUT2D eigenvalue weighted by Crippen LogP contribution is 2.22. The molecule has 1 unspecified atom stereocenters. The molecule has 1 atom stereocenters. The van der Waals surface area contributed by atoms with E-state index in [1.54, 1.807) is 0 Å². The van der Waals surface area contributed by atoms with E-state index in [-0.39, 0.29) is 12.0 Å². The first-order valence-electron chi connectivity index (χ1n) is 5.98. The van der Waals surface area contributed by atoms with Crippen molar-refractivity contribution in [3.05, 3.63) is 29.3 Å². The molecule has 17 heavy (non-hydrogen) atoms. The third-order valence-electron chi connectivity index (χ3n) is 3.22. The van der Waals surface area contributed by atoms with Gasteiger partial charge in [-0.2, -0.15) is 0 Å². The first kappa shape index (κ1) is 10.6. The SMILES string of the molecule is O=C1NCc2cc(OCC3CCCO3)ccc21. The van der Waals surface area contributed by atoms with E-state index in [9.17, 15) is 4.79 Å². The zero-order valence-electron chi connectivity index (χ0n) is 9.57. The highest BCUT2D eigenvalue weighted by atomic mass is 16.5. The Morgan fingerprint density at radius 3 is 3.24 bits per heavy atom. The Hall–Kier alpha value is -1.55. The molecular weight excluding hydrogens is 218 g/mol. The van der Waals surface area contributed by atoms with Crippen LogP contribution in [-0.4, -0.2) is 25.2 Å². The van der Waals surface area contributed by atoms with E-state index in [0.717, 1.165) is 36.3 Å². The van der Waals surface area contributed by atoms with Crippen molar-refractivity contribution < 1.29 is 14.3 Å². The maximum absolute atomic E-state index is 11.4. The van der Waals surface area contributed by atoms with Crippen molar-refractivity contribution in [1.29, 1.82) is 0 Å². The van der Waals surface area contributed by atoms with Crippen LogP contribution in [0.4, 0.5) is 0 Å². The van der Waals surface area contributed by atoms with E-state index in [1.807, 2.05) is 18.2 Å². The van der Waals surface area contributed by atoms with Crippen LogP contribution in [0.1, 0.15) is 28.8 Å². The molecule has 0 aromatic heterocycles. The van der Waals surface area contributed by atoms with Gasteiger partial charge in [-0.05, 0) is 36.6 Å². The number of ether oxygens (including phenoxy) is 2. The Morgan fingerprint density at radius 1 is 1.47 bits per heavy atom. The van der Waals surface area contributed by atoms with E-state index in [0.29, 0.717) is 13.2 Å². The van der Waals surface area contributed by atoms with Crippen LogP contribution < -0.4 is 10.1 Å². The molecule has 1 fully saturated rings. The summed E-state index contributed by atoms with van der Waals surface area (Å²) in [7, 11) is 0. The number of benzene rings is 1. The molecule has 3 rings (SSSR count). The second-order valence-corrected chi connectivity index (χ2v) is 4.45. The first-order chi connectivity index (χ1) is 8.33. The summed E-state index contributed by atoms with van der Waals surface area (Å²) < 4.78 is 11.2. The van der Waals surface area contributed by atoms with Crippen LogP contribution >= 0.6 is 0 Å². The molecule has 1 N–H and O–H groups in total. The lowest BCUT2D eigenvalue weighted by Gasteiger charge is -2.11. The van der Waals surface area contributed by atoms with Crippen molar-refractivity contribution >= 4 is 5.91 Å². The van der Waals surface area contributed by atoms with Gasteiger partial charge in [0.15, 0.2) is 0 Å². The van der Waals surface area contributed by atoms with Gasteiger partial charge in [-0.3, -0.25) is 4.79 Å². The van der Waals surface area contributed by atoms with Gasteiger partial charge in [0, 0.05) is 18.7 Å². The fourth-order valence-corrected chi connectivity index (χ4v) is 2.26. The van der Waals surface area contributed by atoms with E-state index >= 15 is 0 Å². The van der Waals surface area contributed by atoms with Crippen molar-refractivity contribution in [1.82, 2.24) is 5.32 Å². The van der Waals surface area contributed by atoms with Crippen LogP contribution in [0.15, 0.2) is 18.2 Å². The molecular formula is C13H15NO3. The molecule has 90 valence electrons. The van der Waals surface area contributed by atoms with Crippen LogP contribution in [0.25, 0.3) is 0 Å². The Bertz CT molecular complexity index is 438. The highest BCUT2D eigenvalue weighted by molar-refractivity contribution is 5.98. The van der Waals surface area contributed by atoms with E-state index < -0.39 is 0 Å². The number of fused-ring (bicyclic) bond motifs is 1. The summed E-state index contributed by atoms with van der Waals surface area (Å²) in [5.74, 6) is 0.821. The first-order valence-corrected chi connectivity index (χ1v) is 5.98. The summed E-state index contributed by atoms with van der Waals surface area (Å²) in [4.78, 5) is 11.4. The zero-order valence-corrected chi connectivity index (χ0v) is 9.57. The second-order valence-electron chi connectivity index (χ2n) is 4.45. The predicted octanol–water partition coefficient (Wildman–Crippen LogP) is 1.49. The van der Waals surface area contributed by atoms with Crippen molar-refractivity contribution in [2.75, 3.05) is 13.2 Å². The molecule has 2 aliphatic rings. The summed E-state index contributed by atoms with van der Waals surface area (Å²) in [6.07, 6.45) is 2.42.